The Kier molecular flexibility index (Phi) is 4.57. The van der Waals surface area contributed by atoms with Gasteiger partial charge in [-0.15, -0.1) is 0 Å². The van der Waals surface area contributed by atoms with Gasteiger partial charge in [0.25, 0.3) is 0 Å². The second-order valence-corrected chi connectivity index (χ2v) is 5.06. The fraction of sp³-hybridized carbons (Fsp3) is 0.500. The smallest absolute Gasteiger partial charge is 0.335 e. The molecule has 1 aliphatic heterocycles. The van der Waals surface area contributed by atoms with Crippen molar-refractivity contribution in [2.45, 2.75) is 12.8 Å². The lowest BCUT2D eigenvalue weighted by molar-refractivity contribution is -0.00564. The number of benzene rings is 1. The second-order valence-electron chi connectivity index (χ2n) is 5.06. The highest BCUT2D eigenvalue weighted by atomic mass is 19.1. The van der Waals surface area contributed by atoms with E-state index in [2.05, 4.69) is 0 Å². The van der Waals surface area contributed by atoms with Gasteiger partial charge in [0.1, 0.15) is 0 Å². The molecule has 110 valence electrons. The molecule has 0 radical (unpaired) electrons. The number of carboxylic acids is 1. The summed E-state index contributed by atoms with van der Waals surface area (Å²) in [6.45, 7) is 2.00. The van der Waals surface area contributed by atoms with Crippen molar-refractivity contribution in [3.63, 3.8) is 0 Å². The summed E-state index contributed by atoms with van der Waals surface area (Å²) in [6, 6.07) is 3.61. The Labute approximate surface area is 116 Å². The molecule has 0 bridgehead atoms. The van der Waals surface area contributed by atoms with Crippen LogP contribution in [0, 0.1) is 11.2 Å². The standard InChI is InChI=1S/C14H18FNO4/c15-11-7-10(13(17)18)1-2-12(11)20-9-14(8-16)3-5-19-6-4-14/h1-2,7H,3-6,8-9,16H2,(H,17,18). The van der Waals surface area contributed by atoms with Gasteiger partial charge in [-0.1, -0.05) is 0 Å². The zero-order valence-corrected chi connectivity index (χ0v) is 11.1. The molecule has 0 saturated carbocycles. The molecule has 6 heteroatoms. The SMILES string of the molecule is NCC1(COc2ccc(C(=O)O)cc2F)CCOCC1. The van der Waals surface area contributed by atoms with Crippen molar-refractivity contribution in [2.24, 2.45) is 11.1 Å². The van der Waals surface area contributed by atoms with Crippen molar-refractivity contribution in [1.82, 2.24) is 0 Å². The molecule has 1 heterocycles. The Morgan fingerprint density at radius 3 is 2.70 bits per heavy atom. The van der Waals surface area contributed by atoms with Crippen LogP contribution < -0.4 is 10.5 Å². The average Bonchev–Trinajstić information content (AvgIpc) is 2.47. The van der Waals surface area contributed by atoms with Gasteiger partial charge in [0, 0.05) is 25.2 Å². The number of ether oxygens (including phenoxy) is 2. The van der Waals surface area contributed by atoms with Crippen LogP contribution in [0.15, 0.2) is 18.2 Å². The zero-order valence-electron chi connectivity index (χ0n) is 11.1. The predicted octanol–water partition coefficient (Wildman–Crippen LogP) is 1.66. The van der Waals surface area contributed by atoms with Crippen molar-refractivity contribution in [3.8, 4) is 5.75 Å². The van der Waals surface area contributed by atoms with Crippen LogP contribution in [0.25, 0.3) is 0 Å². The first-order valence-corrected chi connectivity index (χ1v) is 6.50. The Bertz CT molecular complexity index is 486. The molecule has 1 aliphatic rings. The molecular formula is C14H18FNO4. The Hall–Kier alpha value is -1.66. The number of rotatable bonds is 5. The van der Waals surface area contributed by atoms with E-state index in [1.54, 1.807) is 0 Å². The van der Waals surface area contributed by atoms with Crippen LogP contribution in [0.1, 0.15) is 23.2 Å². The van der Waals surface area contributed by atoms with Gasteiger partial charge in [-0.3, -0.25) is 0 Å². The molecule has 0 unspecified atom stereocenters. The van der Waals surface area contributed by atoms with Crippen LogP contribution in [-0.4, -0.2) is 37.4 Å². The molecule has 2 rings (SSSR count). The summed E-state index contributed by atoms with van der Waals surface area (Å²) in [5.41, 5.74) is 5.50. The minimum atomic E-state index is -1.17. The molecule has 3 N–H and O–H groups in total. The topological polar surface area (TPSA) is 81.8 Å². The molecule has 0 amide bonds. The normalized spacial score (nSPS) is 17.7. The summed E-state index contributed by atoms with van der Waals surface area (Å²) in [5, 5.41) is 8.78. The molecule has 0 spiro atoms. The summed E-state index contributed by atoms with van der Waals surface area (Å²) < 4.78 is 24.5. The Balaban J connectivity index is 2.04. The minimum Gasteiger partial charge on any atom is -0.490 e. The van der Waals surface area contributed by atoms with Crippen molar-refractivity contribution in [3.05, 3.63) is 29.6 Å². The second kappa shape index (κ2) is 6.19. The third-order valence-corrected chi connectivity index (χ3v) is 3.70. The molecule has 0 atom stereocenters. The number of hydrogen-bond donors (Lipinski definition) is 2. The van der Waals surface area contributed by atoms with Crippen molar-refractivity contribution in [2.75, 3.05) is 26.4 Å². The minimum absolute atomic E-state index is 0.0503. The number of carbonyl (C=O) groups is 1. The first-order valence-electron chi connectivity index (χ1n) is 6.50. The van der Waals surface area contributed by atoms with E-state index < -0.39 is 11.8 Å². The molecule has 1 aromatic carbocycles. The van der Waals surface area contributed by atoms with E-state index in [9.17, 15) is 9.18 Å². The molecule has 0 aliphatic carbocycles. The van der Waals surface area contributed by atoms with Gasteiger partial charge in [-0.05, 0) is 31.0 Å². The number of nitrogens with two attached hydrogens (primary N) is 1. The lowest BCUT2D eigenvalue weighted by atomic mass is 9.81. The van der Waals surface area contributed by atoms with Crippen LogP contribution >= 0.6 is 0 Å². The highest BCUT2D eigenvalue weighted by molar-refractivity contribution is 5.87. The van der Waals surface area contributed by atoms with Crippen LogP contribution in [0.5, 0.6) is 5.75 Å². The van der Waals surface area contributed by atoms with Gasteiger partial charge < -0.3 is 20.3 Å². The first kappa shape index (κ1) is 14.7. The first-order chi connectivity index (χ1) is 9.56. The van der Waals surface area contributed by atoms with Gasteiger partial charge in [0.15, 0.2) is 11.6 Å². The zero-order chi connectivity index (χ0) is 14.6. The molecular weight excluding hydrogens is 265 g/mol. The maximum Gasteiger partial charge on any atom is 0.335 e. The lowest BCUT2D eigenvalue weighted by Gasteiger charge is -2.35. The van der Waals surface area contributed by atoms with E-state index in [4.69, 9.17) is 20.3 Å². The van der Waals surface area contributed by atoms with Gasteiger partial charge >= 0.3 is 5.97 Å². The van der Waals surface area contributed by atoms with E-state index in [0.29, 0.717) is 26.4 Å². The molecule has 1 saturated heterocycles. The molecule has 0 aromatic heterocycles. The number of carboxylic acid groups (broad SMARTS) is 1. The fourth-order valence-electron chi connectivity index (χ4n) is 2.19. The predicted molar refractivity (Wildman–Crippen MR) is 70.4 cm³/mol. The molecule has 20 heavy (non-hydrogen) atoms. The Morgan fingerprint density at radius 1 is 1.45 bits per heavy atom. The third kappa shape index (κ3) is 3.26. The van der Waals surface area contributed by atoms with Gasteiger partial charge in [-0.25, -0.2) is 9.18 Å². The molecule has 1 fully saturated rings. The summed E-state index contributed by atoms with van der Waals surface area (Å²) in [7, 11) is 0. The molecule has 1 aromatic rings. The van der Waals surface area contributed by atoms with E-state index in [1.165, 1.54) is 12.1 Å². The van der Waals surface area contributed by atoms with E-state index in [-0.39, 0.29) is 16.7 Å². The van der Waals surface area contributed by atoms with Crippen LogP contribution in [0.3, 0.4) is 0 Å². The van der Waals surface area contributed by atoms with Crippen LogP contribution in [0.2, 0.25) is 0 Å². The van der Waals surface area contributed by atoms with Gasteiger partial charge in [0.2, 0.25) is 0 Å². The Morgan fingerprint density at radius 2 is 2.15 bits per heavy atom. The maximum absolute atomic E-state index is 13.7. The maximum atomic E-state index is 13.7. The van der Waals surface area contributed by atoms with Gasteiger partial charge in [0.05, 0.1) is 12.2 Å². The highest BCUT2D eigenvalue weighted by Crippen LogP contribution is 2.31. The summed E-state index contributed by atoms with van der Waals surface area (Å²) in [4.78, 5) is 10.7. The largest absolute Gasteiger partial charge is 0.490 e. The molecule has 5 nitrogen and oxygen atoms in total. The number of halogens is 1. The highest BCUT2D eigenvalue weighted by Gasteiger charge is 2.32. The van der Waals surface area contributed by atoms with E-state index in [0.717, 1.165) is 18.9 Å². The van der Waals surface area contributed by atoms with Crippen molar-refractivity contribution >= 4 is 5.97 Å². The average molecular weight is 283 g/mol. The van der Waals surface area contributed by atoms with Crippen LogP contribution in [-0.2, 0) is 4.74 Å². The van der Waals surface area contributed by atoms with Crippen LogP contribution in [0.4, 0.5) is 4.39 Å². The monoisotopic (exact) mass is 283 g/mol. The quantitative estimate of drug-likeness (QED) is 0.858. The van der Waals surface area contributed by atoms with E-state index >= 15 is 0 Å². The summed E-state index contributed by atoms with van der Waals surface area (Å²) in [6.07, 6.45) is 1.55. The number of aromatic carboxylic acids is 1. The fourth-order valence-corrected chi connectivity index (χ4v) is 2.19. The van der Waals surface area contributed by atoms with Gasteiger partial charge in [-0.2, -0.15) is 0 Å². The summed E-state index contributed by atoms with van der Waals surface area (Å²) >= 11 is 0. The van der Waals surface area contributed by atoms with E-state index in [1.807, 2.05) is 0 Å². The van der Waals surface area contributed by atoms with Crippen molar-refractivity contribution < 1.29 is 23.8 Å². The summed E-state index contributed by atoms with van der Waals surface area (Å²) in [5.74, 6) is -1.79. The third-order valence-electron chi connectivity index (χ3n) is 3.70. The number of hydrogen-bond acceptors (Lipinski definition) is 4. The lowest BCUT2D eigenvalue weighted by Crippen LogP contribution is -2.41. The van der Waals surface area contributed by atoms with Crippen molar-refractivity contribution in [1.29, 1.82) is 0 Å².